The summed E-state index contributed by atoms with van der Waals surface area (Å²) < 4.78 is 37.2. The summed E-state index contributed by atoms with van der Waals surface area (Å²) in [7, 11) is 0. The van der Waals surface area contributed by atoms with Crippen LogP contribution in [0.5, 0.6) is 0 Å². The molecule has 0 amide bonds. The van der Waals surface area contributed by atoms with Crippen molar-refractivity contribution in [3.05, 3.63) is 36.0 Å². The highest BCUT2D eigenvalue weighted by atomic mass is 35.5. The fraction of sp³-hybridized carbons (Fsp3) is 0.100. The number of halogens is 4. The van der Waals surface area contributed by atoms with Gasteiger partial charge in [0, 0.05) is 17.3 Å². The number of hydrogen-bond donors (Lipinski definition) is 1. The zero-order chi connectivity index (χ0) is 11.1. The predicted molar refractivity (Wildman–Crippen MR) is 58.4 cm³/mol. The number of hydrogen-bond acceptors (Lipinski definition) is 2. The van der Waals surface area contributed by atoms with Gasteiger partial charge in [0.15, 0.2) is 0 Å². The maximum Gasteiger partial charge on any atom is 0.416 e. The minimum absolute atomic E-state index is 0. The second-order valence-corrected chi connectivity index (χ2v) is 3.13. The molecule has 1 aromatic heterocycles. The number of benzene rings is 1. The first-order valence-electron chi connectivity index (χ1n) is 4.20. The zero-order valence-electron chi connectivity index (χ0n) is 7.95. The molecule has 0 saturated heterocycles. The van der Waals surface area contributed by atoms with Gasteiger partial charge in [0.2, 0.25) is 0 Å². The van der Waals surface area contributed by atoms with Crippen LogP contribution in [0.4, 0.5) is 18.9 Å². The van der Waals surface area contributed by atoms with Gasteiger partial charge in [-0.15, -0.1) is 12.4 Å². The van der Waals surface area contributed by atoms with Crippen molar-refractivity contribution in [1.82, 2.24) is 4.98 Å². The monoisotopic (exact) mass is 248 g/mol. The number of nitrogen functional groups attached to an aromatic ring is 1. The number of aromatic nitrogens is 1. The van der Waals surface area contributed by atoms with Gasteiger partial charge in [0.25, 0.3) is 0 Å². The van der Waals surface area contributed by atoms with Gasteiger partial charge in [-0.05, 0) is 24.3 Å². The van der Waals surface area contributed by atoms with E-state index in [1.165, 1.54) is 6.20 Å². The Balaban J connectivity index is 0.00000128. The molecule has 0 fully saturated rings. The van der Waals surface area contributed by atoms with Gasteiger partial charge in [-0.25, -0.2) is 0 Å². The Morgan fingerprint density at radius 3 is 2.50 bits per heavy atom. The number of alkyl halides is 3. The van der Waals surface area contributed by atoms with E-state index in [0.29, 0.717) is 5.39 Å². The number of anilines is 1. The lowest BCUT2D eigenvalue weighted by molar-refractivity contribution is -0.137. The van der Waals surface area contributed by atoms with E-state index in [0.717, 1.165) is 12.1 Å². The highest BCUT2D eigenvalue weighted by Gasteiger charge is 2.31. The van der Waals surface area contributed by atoms with Crippen LogP contribution in [0.15, 0.2) is 30.5 Å². The van der Waals surface area contributed by atoms with Crippen LogP contribution in [0.25, 0.3) is 10.9 Å². The van der Waals surface area contributed by atoms with Crippen molar-refractivity contribution in [1.29, 1.82) is 0 Å². The Labute approximate surface area is 95.7 Å². The Morgan fingerprint density at radius 2 is 1.88 bits per heavy atom. The summed E-state index contributed by atoms with van der Waals surface area (Å²) in [6.45, 7) is 0. The average molecular weight is 249 g/mol. The van der Waals surface area contributed by atoms with Crippen molar-refractivity contribution < 1.29 is 13.2 Å². The molecule has 1 heterocycles. The lowest BCUT2D eigenvalue weighted by atomic mass is 10.1. The standard InChI is InChI=1S/C10H7F3N2.ClH/c11-10(12,13)6-4-8(14)7-2-1-3-15-9(7)5-6;/h1-5H,14H2;1H. The van der Waals surface area contributed by atoms with Crippen molar-refractivity contribution in [3.8, 4) is 0 Å². The minimum atomic E-state index is -4.39. The quantitative estimate of drug-likeness (QED) is 0.727. The van der Waals surface area contributed by atoms with Gasteiger partial charge in [-0.1, -0.05) is 0 Å². The second kappa shape index (κ2) is 4.17. The fourth-order valence-electron chi connectivity index (χ4n) is 1.37. The largest absolute Gasteiger partial charge is 0.416 e. The Hall–Kier alpha value is -1.49. The molecule has 0 aliphatic heterocycles. The second-order valence-electron chi connectivity index (χ2n) is 3.13. The maximum absolute atomic E-state index is 12.4. The summed E-state index contributed by atoms with van der Waals surface area (Å²) >= 11 is 0. The first-order chi connectivity index (χ1) is 6.98. The highest BCUT2D eigenvalue weighted by Crippen LogP contribution is 2.33. The summed E-state index contributed by atoms with van der Waals surface area (Å²) in [5.41, 5.74) is 5.09. The molecule has 2 nitrogen and oxygen atoms in total. The van der Waals surface area contributed by atoms with Crippen molar-refractivity contribution in [2.24, 2.45) is 0 Å². The lowest BCUT2D eigenvalue weighted by Crippen LogP contribution is -2.06. The normalized spacial score (nSPS) is 11.2. The minimum Gasteiger partial charge on any atom is -0.398 e. The Kier molecular flexibility index (Phi) is 3.28. The molecule has 16 heavy (non-hydrogen) atoms. The van der Waals surface area contributed by atoms with Gasteiger partial charge in [-0.3, -0.25) is 4.98 Å². The molecule has 1 aromatic carbocycles. The molecule has 0 bridgehead atoms. The SMILES string of the molecule is Cl.Nc1cc(C(F)(F)F)cc2ncccc12. The van der Waals surface area contributed by atoms with E-state index in [4.69, 9.17) is 5.73 Å². The van der Waals surface area contributed by atoms with Crippen LogP contribution in [0, 0.1) is 0 Å². The van der Waals surface area contributed by atoms with E-state index in [1.807, 2.05) is 0 Å². The first-order valence-corrected chi connectivity index (χ1v) is 4.20. The summed E-state index contributed by atoms with van der Waals surface area (Å²) in [5, 5.41) is 0.533. The van der Waals surface area contributed by atoms with E-state index in [-0.39, 0.29) is 23.6 Å². The van der Waals surface area contributed by atoms with Crippen molar-refractivity contribution in [2.45, 2.75) is 6.18 Å². The Bertz CT molecular complexity index is 511. The van der Waals surface area contributed by atoms with Gasteiger partial charge in [0.05, 0.1) is 11.1 Å². The number of nitrogens with zero attached hydrogens (tertiary/aromatic N) is 1. The highest BCUT2D eigenvalue weighted by molar-refractivity contribution is 5.90. The summed E-state index contributed by atoms with van der Waals surface area (Å²) in [6, 6.07) is 5.18. The Morgan fingerprint density at radius 1 is 1.19 bits per heavy atom. The van der Waals surface area contributed by atoms with Crippen LogP contribution < -0.4 is 5.73 Å². The molecule has 0 radical (unpaired) electrons. The maximum atomic E-state index is 12.4. The zero-order valence-corrected chi connectivity index (χ0v) is 8.77. The first kappa shape index (κ1) is 12.6. The molecular formula is C10H8ClF3N2. The molecular weight excluding hydrogens is 241 g/mol. The van der Waals surface area contributed by atoms with Crippen LogP contribution in [0.1, 0.15) is 5.56 Å². The number of pyridine rings is 1. The van der Waals surface area contributed by atoms with Crippen LogP contribution in [-0.2, 0) is 6.18 Å². The smallest absolute Gasteiger partial charge is 0.398 e. The molecule has 2 rings (SSSR count). The van der Waals surface area contributed by atoms with Gasteiger partial charge < -0.3 is 5.73 Å². The third kappa shape index (κ3) is 2.19. The van der Waals surface area contributed by atoms with E-state index < -0.39 is 11.7 Å². The lowest BCUT2D eigenvalue weighted by Gasteiger charge is -2.09. The molecule has 0 spiro atoms. The average Bonchev–Trinajstić information content (AvgIpc) is 2.16. The topological polar surface area (TPSA) is 38.9 Å². The number of nitrogens with two attached hydrogens (primary N) is 1. The van der Waals surface area contributed by atoms with Crippen LogP contribution >= 0.6 is 12.4 Å². The van der Waals surface area contributed by atoms with E-state index in [1.54, 1.807) is 12.1 Å². The molecule has 0 atom stereocenters. The molecule has 0 aliphatic carbocycles. The van der Waals surface area contributed by atoms with Crippen molar-refractivity contribution >= 4 is 29.0 Å². The molecule has 2 aromatic rings. The summed E-state index contributed by atoms with van der Waals surface area (Å²) in [5.74, 6) is 0. The fourth-order valence-corrected chi connectivity index (χ4v) is 1.37. The number of fused-ring (bicyclic) bond motifs is 1. The molecule has 0 unspecified atom stereocenters. The molecule has 0 aliphatic rings. The van der Waals surface area contributed by atoms with E-state index >= 15 is 0 Å². The van der Waals surface area contributed by atoms with Crippen molar-refractivity contribution in [2.75, 3.05) is 5.73 Å². The molecule has 86 valence electrons. The van der Waals surface area contributed by atoms with E-state index in [9.17, 15) is 13.2 Å². The van der Waals surface area contributed by atoms with Crippen LogP contribution in [0.2, 0.25) is 0 Å². The van der Waals surface area contributed by atoms with E-state index in [2.05, 4.69) is 4.98 Å². The van der Waals surface area contributed by atoms with Crippen LogP contribution in [0.3, 0.4) is 0 Å². The number of rotatable bonds is 0. The third-order valence-electron chi connectivity index (χ3n) is 2.08. The summed E-state index contributed by atoms with van der Waals surface area (Å²) in [4.78, 5) is 3.84. The third-order valence-corrected chi connectivity index (χ3v) is 2.08. The molecule has 2 N–H and O–H groups in total. The molecule has 0 saturated carbocycles. The van der Waals surface area contributed by atoms with Gasteiger partial charge in [0.1, 0.15) is 0 Å². The molecule has 6 heteroatoms. The predicted octanol–water partition coefficient (Wildman–Crippen LogP) is 3.26. The van der Waals surface area contributed by atoms with Crippen molar-refractivity contribution in [3.63, 3.8) is 0 Å². The van der Waals surface area contributed by atoms with Crippen LogP contribution in [-0.4, -0.2) is 4.98 Å². The van der Waals surface area contributed by atoms with Gasteiger partial charge in [-0.2, -0.15) is 13.2 Å². The summed E-state index contributed by atoms with van der Waals surface area (Å²) in [6.07, 6.45) is -2.96. The van der Waals surface area contributed by atoms with Gasteiger partial charge >= 0.3 is 6.18 Å².